The molecule has 1 unspecified atom stereocenters. The number of hydrogen-bond donors (Lipinski definition) is 1. The number of anilines is 2. The number of pyridine rings is 1. The average Bonchev–Trinajstić information content (AvgIpc) is 3.23. The molecule has 5 rings (SSSR count). The zero-order chi connectivity index (χ0) is 21.2. The van der Waals surface area contributed by atoms with Gasteiger partial charge >= 0.3 is 0 Å². The Morgan fingerprint density at radius 1 is 1.10 bits per heavy atom. The fourth-order valence-corrected chi connectivity index (χ4v) is 4.28. The molecule has 1 atom stereocenters. The van der Waals surface area contributed by atoms with Gasteiger partial charge in [-0.15, -0.1) is 11.3 Å². The number of aliphatic hydroxyl groups is 1. The standard InChI is InChI=1S/C24H16ClN3O2S/c25-18-6-8-23-20(13-18)28(14-17-3-1-2-4-22(17)30-23)24-27-19(15-31-24)21(29)7-5-16-9-11-26-12-10-16/h1-4,6,8-13,15,21,29H,14H2. The third-order valence-electron chi connectivity index (χ3n) is 4.79. The van der Waals surface area contributed by atoms with Crippen LogP contribution >= 0.6 is 22.9 Å². The summed E-state index contributed by atoms with van der Waals surface area (Å²) < 4.78 is 6.15. The minimum atomic E-state index is -0.993. The van der Waals surface area contributed by atoms with E-state index in [4.69, 9.17) is 16.3 Å². The molecule has 0 aliphatic carbocycles. The summed E-state index contributed by atoms with van der Waals surface area (Å²) in [6.07, 6.45) is 2.34. The molecular weight excluding hydrogens is 430 g/mol. The number of thiazole rings is 1. The Morgan fingerprint density at radius 2 is 1.94 bits per heavy atom. The van der Waals surface area contributed by atoms with Gasteiger partial charge in [-0.3, -0.25) is 4.98 Å². The van der Waals surface area contributed by atoms with E-state index in [-0.39, 0.29) is 0 Å². The average molecular weight is 446 g/mol. The molecule has 152 valence electrons. The number of nitrogens with zero attached hydrogens (tertiary/aromatic N) is 3. The van der Waals surface area contributed by atoms with Crippen LogP contribution in [0, 0.1) is 11.8 Å². The van der Waals surface area contributed by atoms with E-state index in [0.29, 0.717) is 23.0 Å². The maximum atomic E-state index is 10.5. The summed E-state index contributed by atoms with van der Waals surface area (Å²) in [6.45, 7) is 0.565. The fourth-order valence-electron chi connectivity index (χ4n) is 3.25. The van der Waals surface area contributed by atoms with E-state index in [0.717, 1.165) is 27.7 Å². The summed E-state index contributed by atoms with van der Waals surface area (Å²) in [5, 5.41) is 13.7. The first-order valence-corrected chi connectivity index (χ1v) is 10.8. The zero-order valence-corrected chi connectivity index (χ0v) is 17.8. The largest absolute Gasteiger partial charge is 0.455 e. The number of hydrogen-bond acceptors (Lipinski definition) is 6. The summed E-state index contributed by atoms with van der Waals surface area (Å²) in [7, 11) is 0. The molecule has 0 bridgehead atoms. The SMILES string of the molecule is OC(C#Cc1ccncc1)c1csc(N2Cc3ccccc3Oc3ccc(Cl)cc32)n1. The van der Waals surface area contributed by atoms with Crippen LogP contribution in [-0.4, -0.2) is 15.1 Å². The monoisotopic (exact) mass is 445 g/mol. The molecule has 0 spiro atoms. The Labute approximate surface area is 188 Å². The van der Waals surface area contributed by atoms with E-state index in [1.54, 1.807) is 30.6 Å². The lowest BCUT2D eigenvalue weighted by molar-refractivity contribution is 0.234. The van der Waals surface area contributed by atoms with E-state index >= 15 is 0 Å². The van der Waals surface area contributed by atoms with E-state index < -0.39 is 6.10 Å². The third kappa shape index (κ3) is 4.12. The summed E-state index contributed by atoms with van der Waals surface area (Å²) in [5.41, 5.74) is 3.14. The van der Waals surface area contributed by atoms with Crippen molar-refractivity contribution in [2.75, 3.05) is 4.90 Å². The molecular formula is C24H16ClN3O2S. The molecule has 1 aliphatic rings. The number of para-hydroxylation sites is 1. The second-order valence-electron chi connectivity index (χ2n) is 6.87. The first kappa shape index (κ1) is 19.6. The van der Waals surface area contributed by atoms with Crippen LogP contribution in [0.5, 0.6) is 11.5 Å². The number of fused-ring (bicyclic) bond motifs is 2. The molecule has 0 fully saturated rings. The van der Waals surface area contributed by atoms with Crippen LogP contribution < -0.4 is 9.64 Å². The van der Waals surface area contributed by atoms with Crippen LogP contribution in [0.25, 0.3) is 0 Å². The second kappa shape index (κ2) is 8.40. The van der Waals surface area contributed by atoms with Crippen molar-refractivity contribution in [1.82, 2.24) is 9.97 Å². The molecule has 31 heavy (non-hydrogen) atoms. The van der Waals surface area contributed by atoms with Crippen LogP contribution in [0.3, 0.4) is 0 Å². The number of ether oxygens (including phenoxy) is 1. The van der Waals surface area contributed by atoms with E-state index in [1.165, 1.54) is 11.3 Å². The van der Waals surface area contributed by atoms with Crippen molar-refractivity contribution in [1.29, 1.82) is 0 Å². The number of aromatic nitrogens is 2. The summed E-state index contributed by atoms with van der Waals surface area (Å²) >= 11 is 7.73. The van der Waals surface area contributed by atoms with E-state index in [9.17, 15) is 5.11 Å². The topological polar surface area (TPSA) is 58.5 Å². The van der Waals surface area contributed by atoms with Gasteiger partial charge < -0.3 is 14.7 Å². The van der Waals surface area contributed by atoms with Gasteiger partial charge in [0.1, 0.15) is 5.75 Å². The highest BCUT2D eigenvalue weighted by atomic mass is 35.5. The lowest BCUT2D eigenvalue weighted by Crippen LogP contribution is -2.15. The van der Waals surface area contributed by atoms with Gasteiger partial charge in [0, 0.05) is 33.9 Å². The van der Waals surface area contributed by atoms with Gasteiger partial charge in [-0.2, -0.15) is 0 Å². The minimum absolute atomic E-state index is 0.503. The summed E-state index contributed by atoms with van der Waals surface area (Å²) in [6, 6.07) is 17.0. The molecule has 1 aliphatic heterocycles. The van der Waals surface area contributed by atoms with E-state index in [2.05, 4.69) is 21.8 Å². The molecule has 0 amide bonds. The number of benzene rings is 2. The predicted octanol–water partition coefficient (Wildman–Crippen LogP) is 5.72. The van der Waals surface area contributed by atoms with Crippen molar-refractivity contribution >= 4 is 33.8 Å². The molecule has 1 N–H and O–H groups in total. The van der Waals surface area contributed by atoms with Gasteiger partial charge in [-0.05, 0) is 36.4 Å². The second-order valence-corrected chi connectivity index (χ2v) is 8.14. The van der Waals surface area contributed by atoms with Gasteiger partial charge in [-0.25, -0.2) is 4.98 Å². The maximum absolute atomic E-state index is 10.5. The van der Waals surface area contributed by atoms with Crippen LogP contribution in [0.2, 0.25) is 5.02 Å². The fraction of sp³-hybridized carbons (Fsp3) is 0.0833. The molecule has 5 nitrogen and oxygen atoms in total. The van der Waals surface area contributed by atoms with Crippen molar-refractivity contribution in [2.24, 2.45) is 0 Å². The van der Waals surface area contributed by atoms with Gasteiger partial charge in [0.15, 0.2) is 17.0 Å². The van der Waals surface area contributed by atoms with Crippen molar-refractivity contribution in [3.63, 3.8) is 0 Å². The van der Waals surface area contributed by atoms with Crippen molar-refractivity contribution in [2.45, 2.75) is 12.6 Å². The van der Waals surface area contributed by atoms with Crippen LogP contribution in [0.1, 0.15) is 22.9 Å². The summed E-state index contributed by atoms with van der Waals surface area (Å²) in [4.78, 5) is 10.7. The highest BCUT2D eigenvalue weighted by Gasteiger charge is 2.25. The predicted molar refractivity (Wildman–Crippen MR) is 122 cm³/mol. The molecule has 2 aromatic carbocycles. The maximum Gasteiger partial charge on any atom is 0.190 e. The molecule has 4 aromatic rings. The van der Waals surface area contributed by atoms with Gasteiger partial charge in [-0.1, -0.05) is 41.6 Å². The number of aliphatic hydroxyl groups excluding tert-OH is 1. The van der Waals surface area contributed by atoms with Gasteiger partial charge in [0.05, 0.1) is 17.9 Å². The van der Waals surface area contributed by atoms with Crippen LogP contribution in [-0.2, 0) is 6.54 Å². The first-order chi connectivity index (χ1) is 15.2. The number of rotatable bonds is 2. The van der Waals surface area contributed by atoms with Crippen LogP contribution in [0.15, 0.2) is 72.4 Å². The Morgan fingerprint density at radius 3 is 2.81 bits per heavy atom. The Bertz CT molecular complexity index is 1300. The normalized spacial score (nSPS) is 13.2. The lowest BCUT2D eigenvalue weighted by atomic mass is 10.2. The third-order valence-corrected chi connectivity index (χ3v) is 5.90. The molecule has 0 saturated heterocycles. The molecule has 7 heteroatoms. The molecule has 0 radical (unpaired) electrons. The lowest BCUT2D eigenvalue weighted by Gasteiger charge is -2.21. The minimum Gasteiger partial charge on any atom is -0.455 e. The van der Waals surface area contributed by atoms with E-state index in [1.807, 2.05) is 46.7 Å². The summed E-state index contributed by atoms with van der Waals surface area (Å²) in [5.74, 6) is 7.29. The zero-order valence-electron chi connectivity index (χ0n) is 16.2. The van der Waals surface area contributed by atoms with Gasteiger partial charge in [0.2, 0.25) is 0 Å². The quantitative estimate of drug-likeness (QED) is 0.400. The molecule has 0 saturated carbocycles. The highest BCUT2D eigenvalue weighted by Crippen LogP contribution is 2.44. The van der Waals surface area contributed by atoms with Crippen molar-refractivity contribution in [3.8, 4) is 23.3 Å². The highest BCUT2D eigenvalue weighted by molar-refractivity contribution is 7.13. The number of halogens is 1. The molecule has 2 aromatic heterocycles. The van der Waals surface area contributed by atoms with Gasteiger partial charge in [0.25, 0.3) is 0 Å². The van der Waals surface area contributed by atoms with Crippen LogP contribution in [0.4, 0.5) is 10.8 Å². The Kier molecular flexibility index (Phi) is 5.31. The Balaban J connectivity index is 1.49. The Hall–Kier alpha value is -3.37. The van der Waals surface area contributed by atoms with Crippen molar-refractivity contribution in [3.05, 3.63) is 94.2 Å². The smallest absolute Gasteiger partial charge is 0.190 e. The molecule has 3 heterocycles. The first-order valence-electron chi connectivity index (χ1n) is 9.55. The van der Waals surface area contributed by atoms with Crippen molar-refractivity contribution < 1.29 is 9.84 Å².